The van der Waals surface area contributed by atoms with Crippen LogP contribution in [0.5, 0.6) is 0 Å². The van der Waals surface area contributed by atoms with Gasteiger partial charge in [0, 0.05) is 32.0 Å². The van der Waals surface area contributed by atoms with Crippen molar-refractivity contribution in [2.45, 2.75) is 37.9 Å². The molecule has 30 heavy (non-hydrogen) atoms. The van der Waals surface area contributed by atoms with Gasteiger partial charge in [-0.25, -0.2) is 0 Å². The third-order valence-electron chi connectivity index (χ3n) is 6.08. The summed E-state index contributed by atoms with van der Waals surface area (Å²) in [6.45, 7) is 2.53. The van der Waals surface area contributed by atoms with Crippen LogP contribution < -0.4 is 10.2 Å². The fourth-order valence-corrected chi connectivity index (χ4v) is 4.59. The fraction of sp³-hybridized carbons (Fsp3) is 0.500. The summed E-state index contributed by atoms with van der Waals surface area (Å²) in [5.74, 6) is -0.282. The van der Waals surface area contributed by atoms with Crippen molar-refractivity contribution in [3.8, 4) is 0 Å². The highest BCUT2D eigenvalue weighted by Gasteiger charge is 2.33. The van der Waals surface area contributed by atoms with Crippen molar-refractivity contribution in [1.82, 2.24) is 9.47 Å². The van der Waals surface area contributed by atoms with E-state index < -0.39 is 11.7 Å². The van der Waals surface area contributed by atoms with E-state index in [2.05, 4.69) is 20.9 Å². The second-order valence-corrected chi connectivity index (χ2v) is 8.14. The minimum Gasteiger partial charge on any atom is -0.370 e. The number of anilines is 2. The van der Waals surface area contributed by atoms with E-state index in [1.807, 2.05) is 24.2 Å². The van der Waals surface area contributed by atoms with E-state index in [4.69, 9.17) is 0 Å². The van der Waals surface area contributed by atoms with Gasteiger partial charge in [-0.05, 0) is 62.6 Å². The fourth-order valence-electron chi connectivity index (χ4n) is 4.59. The van der Waals surface area contributed by atoms with Crippen molar-refractivity contribution in [1.29, 1.82) is 0 Å². The van der Waals surface area contributed by atoms with Crippen LogP contribution in [0.3, 0.4) is 0 Å². The lowest BCUT2D eigenvalue weighted by Gasteiger charge is -2.26. The zero-order valence-electron chi connectivity index (χ0n) is 17.1. The van der Waals surface area contributed by atoms with Crippen LogP contribution in [0, 0.1) is 0 Å². The molecule has 2 aliphatic heterocycles. The molecule has 0 spiro atoms. The summed E-state index contributed by atoms with van der Waals surface area (Å²) in [7, 11) is 1.98. The third-order valence-corrected chi connectivity index (χ3v) is 6.08. The molecule has 2 saturated heterocycles. The maximum atomic E-state index is 13.3. The third kappa shape index (κ3) is 4.33. The second kappa shape index (κ2) is 8.34. The molecule has 5 nitrogen and oxygen atoms in total. The van der Waals surface area contributed by atoms with Crippen LogP contribution in [0.15, 0.2) is 36.5 Å². The Labute approximate surface area is 174 Å². The van der Waals surface area contributed by atoms with E-state index in [0.717, 1.165) is 63.1 Å². The molecule has 2 aliphatic rings. The number of amides is 1. The number of halogens is 3. The number of aromatic nitrogens is 1. The highest BCUT2D eigenvalue weighted by molar-refractivity contribution is 5.96. The largest absolute Gasteiger partial charge is 0.416 e. The number of carbonyl (C=O) groups is 1. The highest BCUT2D eigenvalue weighted by atomic mass is 19.4. The summed E-state index contributed by atoms with van der Waals surface area (Å²) in [6.07, 6.45) is 1.49. The lowest BCUT2D eigenvalue weighted by Crippen LogP contribution is -2.34. The van der Waals surface area contributed by atoms with Crippen LogP contribution in [0.2, 0.25) is 0 Å². The highest BCUT2D eigenvalue weighted by Crippen LogP contribution is 2.37. The van der Waals surface area contributed by atoms with Crippen LogP contribution in [0.1, 0.15) is 43.0 Å². The lowest BCUT2D eigenvalue weighted by molar-refractivity contribution is -0.137. The molecule has 0 bridgehead atoms. The van der Waals surface area contributed by atoms with Gasteiger partial charge >= 0.3 is 6.18 Å². The molecule has 4 rings (SSSR count). The van der Waals surface area contributed by atoms with E-state index in [1.165, 1.54) is 6.07 Å². The first-order chi connectivity index (χ1) is 14.3. The van der Waals surface area contributed by atoms with Crippen LogP contribution in [-0.2, 0) is 18.0 Å². The smallest absolute Gasteiger partial charge is 0.370 e. The summed E-state index contributed by atoms with van der Waals surface area (Å²) >= 11 is 0. The molecule has 2 aromatic rings. The van der Waals surface area contributed by atoms with E-state index in [0.29, 0.717) is 5.69 Å². The molecule has 3 heterocycles. The molecular formula is C22H27F3N4O. The normalized spacial score (nSPS) is 20.1. The summed E-state index contributed by atoms with van der Waals surface area (Å²) in [6, 6.07) is 7.82. The standard InChI is InChI=1S/C22H27F3N4O/c1-27-10-4-6-19(27)20-7-5-13-29(20)15-21(30)26-17-14-16(22(23,24)25)8-9-18(17)28-11-2-3-12-28/h4,6,8-10,14,20H,2-3,5,7,11-13,15H2,1H3,(H,26,30)/t20-/m0/s1. The lowest BCUT2D eigenvalue weighted by atomic mass is 10.1. The zero-order valence-corrected chi connectivity index (χ0v) is 17.1. The Morgan fingerprint density at radius 1 is 1.13 bits per heavy atom. The molecule has 0 aliphatic carbocycles. The number of benzene rings is 1. The number of hydrogen-bond donors (Lipinski definition) is 1. The van der Waals surface area contributed by atoms with E-state index in [-0.39, 0.29) is 24.2 Å². The SMILES string of the molecule is Cn1cccc1[C@@H]1CCCN1CC(=O)Nc1cc(C(F)(F)F)ccc1N1CCCC1. The monoisotopic (exact) mass is 420 g/mol. The van der Waals surface area contributed by atoms with Crippen molar-refractivity contribution in [2.24, 2.45) is 7.05 Å². The Hall–Kier alpha value is -2.48. The van der Waals surface area contributed by atoms with Gasteiger partial charge in [-0.15, -0.1) is 0 Å². The van der Waals surface area contributed by atoms with Gasteiger partial charge < -0.3 is 14.8 Å². The van der Waals surface area contributed by atoms with Gasteiger partial charge in [0.1, 0.15) is 0 Å². The van der Waals surface area contributed by atoms with E-state index >= 15 is 0 Å². The molecule has 0 radical (unpaired) electrons. The number of aryl methyl sites for hydroxylation is 1. The number of alkyl halides is 3. The number of carbonyl (C=O) groups excluding carboxylic acids is 1. The average Bonchev–Trinajstić information content (AvgIpc) is 3.43. The van der Waals surface area contributed by atoms with Crippen molar-refractivity contribution in [3.63, 3.8) is 0 Å². The predicted molar refractivity (Wildman–Crippen MR) is 110 cm³/mol. The predicted octanol–water partition coefficient (Wildman–Crippen LogP) is 4.42. The quantitative estimate of drug-likeness (QED) is 0.779. The van der Waals surface area contributed by atoms with Crippen molar-refractivity contribution in [2.75, 3.05) is 36.4 Å². The summed E-state index contributed by atoms with van der Waals surface area (Å²) in [5.41, 5.74) is 1.31. The Bertz CT molecular complexity index is 902. The summed E-state index contributed by atoms with van der Waals surface area (Å²) < 4.78 is 41.8. The molecule has 0 unspecified atom stereocenters. The second-order valence-electron chi connectivity index (χ2n) is 8.14. The minimum atomic E-state index is -4.45. The van der Waals surface area contributed by atoms with Crippen LogP contribution in [0.25, 0.3) is 0 Å². The summed E-state index contributed by atoms with van der Waals surface area (Å²) in [4.78, 5) is 17.0. The van der Waals surface area contributed by atoms with Crippen molar-refractivity contribution < 1.29 is 18.0 Å². The number of nitrogens with one attached hydrogen (secondary N) is 1. The van der Waals surface area contributed by atoms with Gasteiger partial charge in [0.15, 0.2) is 0 Å². The topological polar surface area (TPSA) is 40.5 Å². The average molecular weight is 420 g/mol. The first kappa shape index (κ1) is 20.8. The Kier molecular flexibility index (Phi) is 5.77. The molecule has 8 heteroatoms. The van der Waals surface area contributed by atoms with Crippen molar-refractivity contribution >= 4 is 17.3 Å². The molecule has 1 N–H and O–H groups in total. The first-order valence-electron chi connectivity index (χ1n) is 10.4. The molecule has 162 valence electrons. The molecule has 0 saturated carbocycles. The van der Waals surface area contributed by atoms with Crippen LogP contribution >= 0.6 is 0 Å². The molecule has 1 atom stereocenters. The Morgan fingerprint density at radius 3 is 2.57 bits per heavy atom. The maximum Gasteiger partial charge on any atom is 0.416 e. The number of rotatable bonds is 5. The first-order valence-corrected chi connectivity index (χ1v) is 10.4. The summed E-state index contributed by atoms with van der Waals surface area (Å²) in [5, 5.41) is 2.78. The number of hydrogen-bond acceptors (Lipinski definition) is 3. The van der Waals surface area contributed by atoms with Crippen molar-refractivity contribution in [3.05, 3.63) is 47.8 Å². The van der Waals surface area contributed by atoms with E-state index in [1.54, 1.807) is 0 Å². The van der Waals surface area contributed by atoms with Gasteiger partial charge in [-0.3, -0.25) is 9.69 Å². The Morgan fingerprint density at radius 2 is 1.90 bits per heavy atom. The molecule has 2 fully saturated rings. The van der Waals surface area contributed by atoms with E-state index in [9.17, 15) is 18.0 Å². The maximum absolute atomic E-state index is 13.3. The minimum absolute atomic E-state index is 0.148. The van der Waals surface area contributed by atoms with Gasteiger partial charge in [-0.1, -0.05) is 0 Å². The zero-order chi connectivity index (χ0) is 21.3. The van der Waals surface area contributed by atoms with Gasteiger partial charge in [-0.2, -0.15) is 13.2 Å². The molecule has 1 aromatic heterocycles. The number of nitrogens with zero attached hydrogens (tertiary/aromatic N) is 3. The molecular weight excluding hydrogens is 393 g/mol. The van der Waals surface area contributed by atoms with Gasteiger partial charge in [0.2, 0.25) is 5.91 Å². The van der Waals surface area contributed by atoms with Gasteiger partial charge in [0.25, 0.3) is 0 Å². The molecule has 1 aromatic carbocycles. The van der Waals surface area contributed by atoms with Crippen LogP contribution in [0.4, 0.5) is 24.5 Å². The van der Waals surface area contributed by atoms with Gasteiger partial charge in [0.05, 0.1) is 29.5 Å². The van der Waals surface area contributed by atoms with Crippen LogP contribution in [-0.4, -0.2) is 41.6 Å². The Balaban J connectivity index is 1.52. The molecule has 1 amide bonds. The number of likely N-dealkylation sites (tertiary alicyclic amines) is 1.